The Morgan fingerprint density at radius 2 is 1.83 bits per heavy atom. The van der Waals surface area contributed by atoms with Crippen molar-refractivity contribution in [2.45, 2.75) is 13.8 Å². The van der Waals surface area contributed by atoms with Crippen molar-refractivity contribution in [3.05, 3.63) is 74.5 Å². The van der Waals surface area contributed by atoms with Crippen molar-refractivity contribution in [2.75, 3.05) is 42.5 Å². The van der Waals surface area contributed by atoms with Crippen LogP contribution in [0.25, 0.3) is 11.7 Å². The third kappa shape index (κ3) is 4.87. The Balaban J connectivity index is 1.50. The van der Waals surface area contributed by atoms with Crippen LogP contribution in [0.2, 0.25) is 5.02 Å². The molecule has 0 saturated carbocycles. The van der Waals surface area contributed by atoms with Crippen molar-refractivity contribution < 1.29 is 4.79 Å². The number of thioether (sulfide) groups is 1. The summed E-state index contributed by atoms with van der Waals surface area (Å²) in [6, 6.07) is 13.3. The molecule has 2 saturated heterocycles. The van der Waals surface area contributed by atoms with Gasteiger partial charge in [0.05, 0.1) is 10.5 Å². The van der Waals surface area contributed by atoms with E-state index in [9.17, 15) is 9.59 Å². The average Bonchev–Trinajstić information content (AvgIpc) is 3.12. The van der Waals surface area contributed by atoms with Gasteiger partial charge in [-0.3, -0.25) is 18.9 Å². The van der Waals surface area contributed by atoms with Crippen molar-refractivity contribution in [3.8, 4) is 0 Å². The minimum absolute atomic E-state index is 0.159. The number of thiocarbonyl (C=S) groups is 1. The highest BCUT2D eigenvalue weighted by Gasteiger charge is 2.33. The first-order valence-electron chi connectivity index (χ1n) is 11.8. The van der Waals surface area contributed by atoms with Gasteiger partial charge in [-0.2, -0.15) is 0 Å². The summed E-state index contributed by atoms with van der Waals surface area (Å²) in [4.78, 5) is 38.1. The zero-order valence-corrected chi connectivity index (χ0v) is 22.4. The lowest BCUT2D eigenvalue weighted by Gasteiger charge is -2.37. The standard InChI is InChI=1S/C26H26ClN5O2S2/c1-17(2)16-32-25(34)21(36-26(32)35)15-20-23(28-22-8-3-4-9-31(22)24(20)33)30-12-10-29(11-13-30)19-7-5-6-18(27)14-19/h3-9,14-15,17H,10-13,16H2,1-2H3/b21-15-. The third-order valence-electron chi connectivity index (χ3n) is 6.20. The second kappa shape index (κ2) is 10.2. The number of rotatable bonds is 5. The number of amides is 1. The molecule has 1 aromatic carbocycles. The second-order valence-electron chi connectivity index (χ2n) is 9.22. The van der Waals surface area contributed by atoms with Crippen LogP contribution in [0, 0.1) is 5.92 Å². The fourth-order valence-corrected chi connectivity index (χ4v) is 5.90. The monoisotopic (exact) mass is 539 g/mol. The molecule has 0 aliphatic carbocycles. The Kier molecular flexibility index (Phi) is 7.05. The Morgan fingerprint density at radius 1 is 1.08 bits per heavy atom. The van der Waals surface area contributed by atoms with E-state index in [4.69, 9.17) is 28.8 Å². The van der Waals surface area contributed by atoms with E-state index >= 15 is 0 Å². The Hall–Kier alpha value is -2.88. The number of hydrogen-bond donors (Lipinski definition) is 0. The van der Waals surface area contributed by atoms with Crippen LogP contribution in [-0.2, 0) is 4.79 Å². The number of fused-ring (bicyclic) bond motifs is 1. The topological polar surface area (TPSA) is 61.2 Å². The molecule has 0 spiro atoms. The van der Waals surface area contributed by atoms with Crippen LogP contribution in [-0.4, -0.2) is 57.2 Å². The zero-order valence-electron chi connectivity index (χ0n) is 20.1. The number of pyridine rings is 1. The highest BCUT2D eigenvalue weighted by Crippen LogP contribution is 2.34. The van der Waals surface area contributed by atoms with E-state index in [0.717, 1.165) is 18.8 Å². The van der Waals surface area contributed by atoms with Gasteiger partial charge in [0, 0.05) is 49.6 Å². The van der Waals surface area contributed by atoms with Crippen molar-refractivity contribution in [2.24, 2.45) is 5.92 Å². The van der Waals surface area contributed by atoms with Crippen molar-refractivity contribution >= 4 is 69.0 Å². The first kappa shape index (κ1) is 24.8. The van der Waals surface area contributed by atoms with Crippen LogP contribution in [0.4, 0.5) is 11.5 Å². The predicted molar refractivity (Wildman–Crippen MR) is 152 cm³/mol. The van der Waals surface area contributed by atoms with Gasteiger partial charge in [0.1, 0.15) is 15.8 Å². The van der Waals surface area contributed by atoms with Crippen LogP contribution in [0.3, 0.4) is 0 Å². The molecule has 0 atom stereocenters. The first-order valence-corrected chi connectivity index (χ1v) is 13.4. The Labute approximate surface area is 224 Å². The van der Waals surface area contributed by atoms with Crippen molar-refractivity contribution in [1.29, 1.82) is 0 Å². The maximum Gasteiger partial charge on any atom is 0.267 e. The smallest absolute Gasteiger partial charge is 0.267 e. The lowest BCUT2D eigenvalue weighted by Crippen LogP contribution is -2.47. The summed E-state index contributed by atoms with van der Waals surface area (Å²) in [5.74, 6) is 0.713. The molecule has 0 bridgehead atoms. The van der Waals surface area contributed by atoms with Gasteiger partial charge >= 0.3 is 0 Å². The Morgan fingerprint density at radius 3 is 2.56 bits per heavy atom. The van der Waals surface area contributed by atoms with E-state index in [0.29, 0.717) is 50.9 Å². The zero-order chi connectivity index (χ0) is 25.4. The van der Waals surface area contributed by atoms with Gasteiger partial charge < -0.3 is 9.80 Å². The summed E-state index contributed by atoms with van der Waals surface area (Å²) in [5, 5.41) is 0.705. The molecule has 186 valence electrons. The molecular weight excluding hydrogens is 514 g/mol. The molecule has 1 amide bonds. The fourth-order valence-electron chi connectivity index (χ4n) is 4.46. The minimum Gasteiger partial charge on any atom is -0.368 e. The van der Waals surface area contributed by atoms with Gasteiger partial charge in [0.25, 0.3) is 11.5 Å². The van der Waals surface area contributed by atoms with E-state index in [1.807, 2.05) is 50.2 Å². The van der Waals surface area contributed by atoms with Crippen LogP contribution in [0.15, 0.2) is 58.4 Å². The van der Waals surface area contributed by atoms with Gasteiger partial charge in [0.15, 0.2) is 0 Å². The second-order valence-corrected chi connectivity index (χ2v) is 11.3. The third-order valence-corrected chi connectivity index (χ3v) is 7.81. The van der Waals surface area contributed by atoms with Crippen LogP contribution < -0.4 is 15.4 Å². The van der Waals surface area contributed by atoms with E-state index in [1.165, 1.54) is 16.2 Å². The van der Waals surface area contributed by atoms with Gasteiger partial charge in [-0.05, 0) is 42.3 Å². The molecule has 10 heteroatoms. The molecule has 2 fully saturated rings. The number of anilines is 2. The van der Waals surface area contributed by atoms with Crippen molar-refractivity contribution in [1.82, 2.24) is 14.3 Å². The van der Waals surface area contributed by atoms with Crippen LogP contribution >= 0.6 is 35.6 Å². The number of halogens is 1. The average molecular weight is 540 g/mol. The number of piperazine rings is 1. The number of benzene rings is 1. The number of hydrogen-bond acceptors (Lipinski definition) is 7. The van der Waals surface area contributed by atoms with Crippen molar-refractivity contribution in [3.63, 3.8) is 0 Å². The molecule has 2 aliphatic rings. The number of nitrogens with zero attached hydrogens (tertiary/aromatic N) is 5. The van der Waals surface area contributed by atoms with Gasteiger partial charge in [0.2, 0.25) is 0 Å². The lowest BCUT2D eigenvalue weighted by molar-refractivity contribution is -0.122. The van der Waals surface area contributed by atoms with Gasteiger partial charge in [-0.15, -0.1) is 0 Å². The van der Waals surface area contributed by atoms with Crippen LogP contribution in [0.1, 0.15) is 19.4 Å². The van der Waals surface area contributed by atoms with Crippen LogP contribution in [0.5, 0.6) is 0 Å². The lowest BCUT2D eigenvalue weighted by atomic mass is 10.2. The minimum atomic E-state index is -0.206. The summed E-state index contributed by atoms with van der Waals surface area (Å²) in [5.41, 5.74) is 1.84. The highest BCUT2D eigenvalue weighted by molar-refractivity contribution is 8.26. The SMILES string of the molecule is CC(C)CN1C(=O)/C(=C/c2c(N3CCN(c4cccc(Cl)c4)CC3)nc3ccccn3c2=O)SC1=S. The molecule has 4 heterocycles. The summed E-state index contributed by atoms with van der Waals surface area (Å²) in [6.07, 6.45) is 3.37. The summed E-state index contributed by atoms with van der Waals surface area (Å²) < 4.78 is 2.04. The summed E-state index contributed by atoms with van der Waals surface area (Å²) in [7, 11) is 0. The molecule has 0 N–H and O–H groups in total. The number of carbonyl (C=O) groups excluding carboxylic acids is 1. The molecule has 0 unspecified atom stereocenters. The normalized spacial score (nSPS) is 17.8. The first-order chi connectivity index (χ1) is 17.3. The summed E-state index contributed by atoms with van der Waals surface area (Å²) in [6.45, 7) is 7.51. The molecule has 3 aromatic rings. The molecule has 36 heavy (non-hydrogen) atoms. The molecule has 0 radical (unpaired) electrons. The molecular formula is C26H26ClN5O2S2. The van der Waals surface area contributed by atoms with E-state index in [-0.39, 0.29) is 17.4 Å². The maximum atomic E-state index is 13.6. The maximum absolute atomic E-state index is 13.6. The van der Waals surface area contributed by atoms with Gasteiger partial charge in [-0.25, -0.2) is 4.98 Å². The van der Waals surface area contributed by atoms with E-state index < -0.39 is 0 Å². The van der Waals surface area contributed by atoms with E-state index in [2.05, 4.69) is 9.80 Å². The number of aromatic nitrogens is 2. The molecule has 7 nitrogen and oxygen atoms in total. The van der Waals surface area contributed by atoms with Gasteiger partial charge in [-0.1, -0.05) is 61.6 Å². The highest BCUT2D eigenvalue weighted by atomic mass is 35.5. The molecule has 5 rings (SSSR count). The Bertz CT molecular complexity index is 1430. The molecule has 2 aliphatic heterocycles. The van der Waals surface area contributed by atoms with E-state index in [1.54, 1.807) is 23.2 Å². The largest absolute Gasteiger partial charge is 0.368 e. The predicted octanol–water partition coefficient (Wildman–Crippen LogP) is 4.53. The summed E-state index contributed by atoms with van der Waals surface area (Å²) >= 11 is 12.9. The quantitative estimate of drug-likeness (QED) is 0.348. The number of carbonyl (C=O) groups is 1. The fraction of sp³-hybridized carbons (Fsp3) is 0.308. The molecule has 2 aromatic heterocycles.